The SMILES string of the molecule is CCc1nc2c(cnc3ccoc32)[nH]1.N#CC1CCCCC1. The van der Waals surface area contributed by atoms with Crippen LogP contribution in [0, 0.1) is 17.2 Å². The zero-order valence-electron chi connectivity index (χ0n) is 12.8. The van der Waals surface area contributed by atoms with Crippen molar-refractivity contribution in [1.82, 2.24) is 15.0 Å². The number of furan rings is 1. The highest BCUT2D eigenvalue weighted by Crippen LogP contribution is 2.22. The van der Waals surface area contributed by atoms with E-state index in [0.717, 1.165) is 47.2 Å². The maximum atomic E-state index is 8.44. The standard InChI is InChI=1S/C10H9N3O.C7H11N/c1-2-8-12-7-5-11-6-3-4-14-10(6)9(7)13-8;8-6-7-4-2-1-3-5-7/h3-5H,2H2,1H3,(H,12,13);7H,1-5H2. The van der Waals surface area contributed by atoms with Gasteiger partial charge in [0, 0.05) is 18.4 Å². The van der Waals surface area contributed by atoms with Crippen molar-refractivity contribution in [2.24, 2.45) is 5.92 Å². The van der Waals surface area contributed by atoms with Gasteiger partial charge in [0.25, 0.3) is 0 Å². The van der Waals surface area contributed by atoms with Crippen LogP contribution in [0.25, 0.3) is 22.1 Å². The summed E-state index contributed by atoms with van der Waals surface area (Å²) < 4.78 is 5.34. The van der Waals surface area contributed by atoms with Crippen molar-refractivity contribution < 1.29 is 4.42 Å². The van der Waals surface area contributed by atoms with Gasteiger partial charge in [-0.05, 0) is 12.8 Å². The van der Waals surface area contributed by atoms with Gasteiger partial charge in [-0.3, -0.25) is 4.98 Å². The number of imidazole rings is 1. The van der Waals surface area contributed by atoms with E-state index in [1.54, 1.807) is 12.5 Å². The number of fused-ring (bicyclic) bond motifs is 3. The van der Waals surface area contributed by atoms with Crippen LogP contribution in [0.2, 0.25) is 0 Å². The topological polar surface area (TPSA) is 78.5 Å². The van der Waals surface area contributed by atoms with E-state index in [9.17, 15) is 0 Å². The molecule has 1 fully saturated rings. The van der Waals surface area contributed by atoms with Crippen molar-refractivity contribution in [2.75, 3.05) is 0 Å². The maximum Gasteiger partial charge on any atom is 0.180 e. The minimum absolute atomic E-state index is 0.392. The average Bonchev–Trinajstić information content (AvgIpc) is 3.21. The van der Waals surface area contributed by atoms with Crippen molar-refractivity contribution in [3.05, 3.63) is 24.4 Å². The summed E-state index contributed by atoms with van der Waals surface area (Å²) in [5.74, 6) is 1.36. The number of nitrogens with zero attached hydrogens (tertiary/aromatic N) is 3. The Labute approximate surface area is 129 Å². The van der Waals surface area contributed by atoms with E-state index < -0.39 is 0 Å². The Balaban J connectivity index is 0.000000154. The third-order valence-corrected chi connectivity index (χ3v) is 4.10. The first-order valence-corrected chi connectivity index (χ1v) is 7.92. The first-order valence-electron chi connectivity index (χ1n) is 7.92. The molecule has 0 atom stereocenters. The third-order valence-electron chi connectivity index (χ3n) is 4.10. The summed E-state index contributed by atoms with van der Waals surface area (Å²) in [7, 11) is 0. The van der Waals surface area contributed by atoms with E-state index >= 15 is 0 Å². The molecule has 0 saturated heterocycles. The average molecular weight is 296 g/mol. The highest BCUT2D eigenvalue weighted by molar-refractivity contribution is 5.97. The molecule has 0 aliphatic heterocycles. The monoisotopic (exact) mass is 296 g/mol. The fraction of sp³-hybridized carbons (Fsp3) is 0.471. The predicted molar refractivity (Wildman–Crippen MR) is 85.2 cm³/mol. The molecule has 22 heavy (non-hydrogen) atoms. The first-order chi connectivity index (χ1) is 10.8. The number of nitrogens with one attached hydrogen (secondary N) is 1. The van der Waals surface area contributed by atoms with Gasteiger partial charge in [-0.15, -0.1) is 0 Å². The number of rotatable bonds is 1. The summed E-state index contributed by atoms with van der Waals surface area (Å²) in [5, 5.41) is 8.44. The van der Waals surface area contributed by atoms with Gasteiger partial charge >= 0.3 is 0 Å². The molecule has 5 heteroatoms. The van der Waals surface area contributed by atoms with E-state index in [0.29, 0.717) is 5.92 Å². The summed E-state index contributed by atoms with van der Waals surface area (Å²) >= 11 is 0. The molecule has 5 nitrogen and oxygen atoms in total. The molecule has 0 aromatic carbocycles. The lowest BCUT2D eigenvalue weighted by atomic mass is 9.91. The molecule has 0 amide bonds. The second kappa shape index (κ2) is 6.61. The largest absolute Gasteiger partial charge is 0.460 e. The number of aromatic nitrogens is 3. The minimum atomic E-state index is 0.392. The van der Waals surface area contributed by atoms with Crippen LogP contribution in [0.3, 0.4) is 0 Å². The quantitative estimate of drug-likeness (QED) is 0.723. The van der Waals surface area contributed by atoms with E-state index in [-0.39, 0.29) is 0 Å². The summed E-state index contributed by atoms with van der Waals surface area (Å²) in [6.45, 7) is 2.06. The summed E-state index contributed by atoms with van der Waals surface area (Å²) in [4.78, 5) is 11.9. The van der Waals surface area contributed by atoms with Crippen LogP contribution in [-0.4, -0.2) is 15.0 Å². The molecule has 0 unspecified atom stereocenters. The molecule has 3 aromatic rings. The van der Waals surface area contributed by atoms with E-state index in [1.807, 2.05) is 6.07 Å². The van der Waals surface area contributed by atoms with Gasteiger partial charge in [0.1, 0.15) is 16.9 Å². The van der Waals surface area contributed by atoms with Crippen molar-refractivity contribution in [3.63, 3.8) is 0 Å². The Morgan fingerprint density at radius 3 is 2.86 bits per heavy atom. The molecule has 4 rings (SSSR count). The maximum absolute atomic E-state index is 8.44. The second-order valence-corrected chi connectivity index (χ2v) is 5.66. The molecule has 0 spiro atoms. The van der Waals surface area contributed by atoms with Crippen molar-refractivity contribution in [1.29, 1.82) is 5.26 Å². The van der Waals surface area contributed by atoms with Crippen LogP contribution in [0.5, 0.6) is 0 Å². The number of hydrogen-bond donors (Lipinski definition) is 1. The van der Waals surface area contributed by atoms with Crippen molar-refractivity contribution in [2.45, 2.75) is 45.4 Å². The van der Waals surface area contributed by atoms with E-state index in [4.69, 9.17) is 9.68 Å². The van der Waals surface area contributed by atoms with Gasteiger partial charge < -0.3 is 9.40 Å². The van der Waals surface area contributed by atoms with Gasteiger partial charge in [-0.2, -0.15) is 5.26 Å². The van der Waals surface area contributed by atoms with Crippen LogP contribution in [0.4, 0.5) is 0 Å². The second-order valence-electron chi connectivity index (χ2n) is 5.66. The Hall–Kier alpha value is -2.35. The summed E-state index contributed by atoms with van der Waals surface area (Å²) in [5.41, 5.74) is 3.42. The smallest absolute Gasteiger partial charge is 0.180 e. The molecule has 1 aliphatic carbocycles. The van der Waals surface area contributed by atoms with E-state index in [1.165, 1.54) is 19.3 Å². The normalized spacial score (nSPS) is 15.5. The van der Waals surface area contributed by atoms with Crippen molar-refractivity contribution in [3.8, 4) is 6.07 Å². The number of H-pyrrole nitrogens is 1. The zero-order valence-corrected chi connectivity index (χ0v) is 12.8. The van der Waals surface area contributed by atoms with Crippen LogP contribution in [-0.2, 0) is 6.42 Å². The minimum Gasteiger partial charge on any atom is -0.460 e. The fourth-order valence-electron chi connectivity index (χ4n) is 2.82. The molecule has 1 saturated carbocycles. The van der Waals surface area contributed by atoms with Crippen LogP contribution in [0.15, 0.2) is 22.9 Å². The van der Waals surface area contributed by atoms with Gasteiger partial charge in [0.05, 0.1) is 24.0 Å². The number of pyridine rings is 1. The number of aryl methyl sites for hydroxylation is 1. The van der Waals surface area contributed by atoms with Crippen molar-refractivity contribution >= 4 is 22.1 Å². The Bertz CT molecular complexity index is 790. The lowest BCUT2D eigenvalue weighted by Gasteiger charge is -2.13. The summed E-state index contributed by atoms with van der Waals surface area (Å²) in [6, 6.07) is 4.15. The highest BCUT2D eigenvalue weighted by Gasteiger charge is 2.10. The number of nitriles is 1. The molecule has 0 radical (unpaired) electrons. The molecule has 0 bridgehead atoms. The van der Waals surface area contributed by atoms with Gasteiger partial charge in [-0.1, -0.05) is 26.2 Å². The van der Waals surface area contributed by atoms with Crippen LogP contribution in [0.1, 0.15) is 44.9 Å². The molecular formula is C17H20N4O. The summed E-state index contributed by atoms with van der Waals surface area (Å²) in [6.07, 6.45) is 10.5. The predicted octanol–water partition coefficient (Wildman–Crippen LogP) is 4.36. The Morgan fingerprint density at radius 2 is 2.18 bits per heavy atom. The Morgan fingerprint density at radius 1 is 1.36 bits per heavy atom. The van der Waals surface area contributed by atoms with Crippen LogP contribution >= 0.6 is 0 Å². The molecule has 1 aliphatic rings. The van der Waals surface area contributed by atoms with Gasteiger partial charge in [0.15, 0.2) is 5.58 Å². The van der Waals surface area contributed by atoms with Gasteiger partial charge in [0.2, 0.25) is 0 Å². The molecule has 3 heterocycles. The fourth-order valence-corrected chi connectivity index (χ4v) is 2.82. The third kappa shape index (κ3) is 2.96. The molecule has 114 valence electrons. The number of hydrogen-bond acceptors (Lipinski definition) is 4. The Kier molecular flexibility index (Phi) is 4.38. The van der Waals surface area contributed by atoms with Crippen LogP contribution < -0.4 is 0 Å². The zero-order chi connectivity index (χ0) is 15.4. The van der Waals surface area contributed by atoms with E-state index in [2.05, 4.69) is 27.9 Å². The number of aromatic amines is 1. The highest BCUT2D eigenvalue weighted by atomic mass is 16.3. The molecular weight excluding hydrogens is 276 g/mol. The lowest BCUT2D eigenvalue weighted by Crippen LogP contribution is -2.02. The first kappa shape index (κ1) is 14.6. The van der Waals surface area contributed by atoms with Gasteiger partial charge in [-0.25, -0.2) is 4.98 Å². The molecule has 3 aromatic heterocycles. The molecule has 1 N–H and O–H groups in total. The lowest BCUT2D eigenvalue weighted by molar-refractivity contribution is 0.427.